The Morgan fingerprint density at radius 3 is 2.70 bits per heavy atom. The van der Waals surface area contributed by atoms with Gasteiger partial charge >= 0.3 is 0 Å². The number of ketones is 1. The van der Waals surface area contributed by atoms with Crippen molar-refractivity contribution in [3.63, 3.8) is 0 Å². The van der Waals surface area contributed by atoms with Gasteiger partial charge in [0.25, 0.3) is 0 Å². The molecule has 0 amide bonds. The van der Waals surface area contributed by atoms with Gasteiger partial charge in [-0.3, -0.25) is 4.79 Å². The van der Waals surface area contributed by atoms with E-state index in [2.05, 4.69) is 13.8 Å². The van der Waals surface area contributed by atoms with E-state index in [4.69, 9.17) is 1.37 Å². The average Bonchev–Trinajstić information content (AvgIpc) is 1.81. The van der Waals surface area contributed by atoms with Gasteiger partial charge in [0.2, 0.25) is 0 Å². The average molecular weight is 139 g/mol. The van der Waals surface area contributed by atoms with Crippen LogP contribution in [0.25, 0.3) is 0 Å². The lowest BCUT2D eigenvalue weighted by atomic mass is 9.77. The Bertz CT molecular complexity index is 226. The summed E-state index contributed by atoms with van der Waals surface area (Å²) in [6.07, 6.45) is 1.42. The third-order valence-corrected chi connectivity index (χ3v) is 1.74. The van der Waals surface area contributed by atoms with E-state index in [1.807, 2.05) is 6.92 Å². The number of hydrogen-bond acceptors (Lipinski definition) is 1. The quantitative estimate of drug-likeness (QED) is 0.503. The number of carbonyl (C=O) groups is 1. The summed E-state index contributed by atoms with van der Waals surface area (Å²) in [6.45, 7) is 6.02. The topological polar surface area (TPSA) is 17.1 Å². The van der Waals surface area contributed by atoms with Crippen LogP contribution in [0.3, 0.4) is 0 Å². The molecule has 1 aliphatic carbocycles. The standard InChI is InChI=1S/C9H14O/c1-7-4-8(10)6-9(2,3)5-7/h4H,5-6H2,1-3H3/i4D. The van der Waals surface area contributed by atoms with Gasteiger partial charge in [0.1, 0.15) is 0 Å². The molecule has 0 aromatic heterocycles. The van der Waals surface area contributed by atoms with Crippen LogP contribution in [0, 0.1) is 5.41 Å². The van der Waals surface area contributed by atoms with E-state index in [9.17, 15) is 4.79 Å². The van der Waals surface area contributed by atoms with Crippen LogP contribution in [0.4, 0.5) is 0 Å². The second-order valence-electron chi connectivity index (χ2n) is 3.85. The van der Waals surface area contributed by atoms with E-state index in [1.54, 1.807) is 0 Å². The highest BCUT2D eigenvalue weighted by Gasteiger charge is 2.25. The normalized spacial score (nSPS) is 26.7. The van der Waals surface area contributed by atoms with Gasteiger partial charge in [0.15, 0.2) is 5.78 Å². The lowest BCUT2D eigenvalue weighted by Crippen LogP contribution is -2.20. The molecule has 0 aromatic carbocycles. The summed E-state index contributed by atoms with van der Waals surface area (Å²) in [6, 6.07) is 0.240. The van der Waals surface area contributed by atoms with E-state index in [0.717, 1.165) is 12.0 Å². The molecule has 0 spiro atoms. The van der Waals surface area contributed by atoms with Crippen molar-refractivity contribution in [3.05, 3.63) is 11.6 Å². The maximum absolute atomic E-state index is 11.2. The molecule has 56 valence electrons. The minimum absolute atomic E-state index is 0.00116. The van der Waals surface area contributed by atoms with Crippen molar-refractivity contribution < 1.29 is 6.17 Å². The molecule has 0 heterocycles. The van der Waals surface area contributed by atoms with Crippen molar-refractivity contribution in [1.82, 2.24) is 0 Å². The predicted octanol–water partition coefficient (Wildman–Crippen LogP) is 2.32. The Balaban J connectivity index is 2.94. The fraction of sp³-hybridized carbons (Fsp3) is 0.667. The van der Waals surface area contributed by atoms with Gasteiger partial charge in [-0.15, -0.1) is 0 Å². The van der Waals surface area contributed by atoms with Crippen LogP contribution in [0.1, 0.15) is 35.0 Å². The van der Waals surface area contributed by atoms with Crippen LogP contribution in [-0.4, -0.2) is 5.78 Å². The van der Waals surface area contributed by atoms with Gasteiger partial charge in [0.05, 0.1) is 1.37 Å². The van der Waals surface area contributed by atoms with Crippen molar-refractivity contribution in [3.8, 4) is 0 Å². The highest BCUT2D eigenvalue weighted by molar-refractivity contribution is 5.91. The second kappa shape index (κ2) is 2.22. The maximum atomic E-state index is 11.2. The Hall–Kier alpha value is -0.590. The molecule has 0 fully saturated rings. The molecule has 0 radical (unpaired) electrons. The molecule has 0 unspecified atom stereocenters. The molecule has 0 atom stereocenters. The first-order valence-corrected chi connectivity index (χ1v) is 3.62. The van der Waals surface area contributed by atoms with Crippen molar-refractivity contribution >= 4 is 5.78 Å². The molecule has 1 heteroatoms. The summed E-state index contributed by atoms with van der Waals surface area (Å²) >= 11 is 0. The van der Waals surface area contributed by atoms with Crippen LogP contribution in [0.2, 0.25) is 0 Å². The summed E-state index contributed by atoms with van der Waals surface area (Å²) in [7, 11) is 0. The van der Waals surface area contributed by atoms with Gasteiger partial charge in [-0.2, -0.15) is 0 Å². The van der Waals surface area contributed by atoms with E-state index in [1.165, 1.54) is 0 Å². The van der Waals surface area contributed by atoms with Crippen molar-refractivity contribution in [1.29, 1.82) is 0 Å². The van der Waals surface area contributed by atoms with Crippen molar-refractivity contribution in [2.45, 2.75) is 33.6 Å². The molecule has 0 N–H and O–H groups in total. The van der Waals surface area contributed by atoms with E-state index < -0.39 is 0 Å². The van der Waals surface area contributed by atoms with Gasteiger partial charge in [-0.05, 0) is 24.8 Å². The first-order chi connectivity index (χ1) is 4.92. The smallest absolute Gasteiger partial charge is 0.156 e. The van der Waals surface area contributed by atoms with E-state index in [-0.39, 0.29) is 17.3 Å². The molecular formula is C9H14O. The molecule has 0 bridgehead atoms. The number of carbonyl (C=O) groups excluding carboxylic acids is 1. The maximum Gasteiger partial charge on any atom is 0.156 e. The van der Waals surface area contributed by atoms with Crippen LogP contribution in [0.15, 0.2) is 11.6 Å². The molecule has 0 saturated heterocycles. The zero-order valence-electron chi connectivity index (χ0n) is 7.82. The van der Waals surface area contributed by atoms with Crippen LogP contribution in [-0.2, 0) is 4.79 Å². The lowest BCUT2D eigenvalue weighted by Gasteiger charge is -2.27. The fourth-order valence-corrected chi connectivity index (χ4v) is 1.54. The minimum atomic E-state index is -0.00116. The first kappa shape index (κ1) is 6.14. The number of rotatable bonds is 0. The van der Waals surface area contributed by atoms with Crippen molar-refractivity contribution in [2.75, 3.05) is 0 Å². The summed E-state index contributed by atoms with van der Waals surface area (Å²) in [5.41, 5.74) is 1.01. The largest absolute Gasteiger partial charge is 0.295 e. The fourth-order valence-electron chi connectivity index (χ4n) is 1.54. The molecule has 1 nitrogen and oxygen atoms in total. The van der Waals surface area contributed by atoms with Gasteiger partial charge in [-0.1, -0.05) is 19.4 Å². The molecular weight excluding hydrogens is 124 g/mol. The monoisotopic (exact) mass is 139 g/mol. The predicted molar refractivity (Wildman–Crippen MR) is 41.8 cm³/mol. The zero-order chi connectivity index (χ0) is 8.65. The van der Waals surface area contributed by atoms with Gasteiger partial charge in [-0.25, -0.2) is 0 Å². The zero-order valence-corrected chi connectivity index (χ0v) is 6.82. The minimum Gasteiger partial charge on any atom is -0.295 e. The SMILES string of the molecule is [2H]C1=C(C)CC(C)(C)CC1=O. The Morgan fingerprint density at radius 2 is 2.20 bits per heavy atom. The molecule has 0 saturated carbocycles. The molecule has 10 heavy (non-hydrogen) atoms. The molecule has 1 aliphatic rings. The first-order valence-electron chi connectivity index (χ1n) is 4.12. The third kappa shape index (κ3) is 1.69. The molecule has 1 rings (SSSR count). The van der Waals surface area contributed by atoms with Gasteiger partial charge < -0.3 is 0 Å². The third-order valence-electron chi connectivity index (χ3n) is 1.74. The number of allylic oxidation sites excluding steroid dienone is 2. The van der Waals surface area contributed by atoms with Crippen molar-refractivity contribution in [2.24, 2.45) is 5.41 Å². The summed E-state index contributed by atoms with van der Waals surface area (Å²) in [5, 5.41) is 0. The van der Waals surface area contributed by atoms with Gasteiger partial charge in [0, 0.05) is 6.42 Å². The van der Waals surface area contributed by atoms with E-state index >= 15 is 0 Å². The summed E-state index contributed by atoms with van der Waals surface area (Å²) in [5.74, 6) is -0.00116. The second-order valence-corrected chi connectivity index (χ2v) is 3.85. The van der Waals surface area contributed by atoms with Crippen LogP contribution >= 0.6 is 0 Å². The number of hydrogen-bond donors (Lipinski definition) is 0. The van der Waals surface area contributed by atoms with Crippen LogP contribution in [0.5, 0.6) is 0 Å². The Kier molecular flexibility index (Phi) is 1.37. The molecule has 0 aromatic rings. The Labute approximate surface area is 63.5 Å². The highest BCUT2D eigenvalue weighted by Crippen LogP contribution is 2.32. The highest BCUT2D eigenvalue weighted by atomic mass is 16.1. The Morgan fingerprint density at radius 1 is 1.60 bits per heavy atom. The lowest BCUT2D eigenvalue weighted by molar-refractivity contribution is -0.117. The summed E-state index contributed by atoms with van der Waals surface area (Å²) in [4.78, 5) is 11.2. The van der Waals surface area contributed by atoms with Crippen LogP contribution < -0.4 is 0 Å². The molecule has 0 aliphatic heterocycles. The summed E-state index contributed by atoms with van der Waals surface area (Å²) < 4.78 is 7.39. The van der Waals surface area contributed by atoms with E-state index in [0.29, 0.717) is 6.42 Å².